The highest BCUT2D eigenvalue weighted by Crippen LogP contribution is 2.26. The van der Waals surface area contributed by atoms with Crippen molar-refractivity contribution in [3.05, 3.63) is 70.8 Å². The van der Waals surface area contributed by atoms with E-state index in [1.165, 1.54) is 4.90 Å². The molecule has 0 bridgehead atoms. The Morgan fingerprint density at radius 1 is 1.11 bits per heavy atom. The molecular formula is C22H23N3O3. The molecule has 0 saturated carbocycles. The van der Waals surface area contributed by atoms with Crippen LogP contribution in [0, 0.1) is 0 Å². The van der Waals surface area contributed by atoms with Crippen LogP contribution in [0.3, 0.4) is 0 Å². The van der Waals surface area contributed by atoms with Crippen LogP contribution in [0.15, 0.2) is 48.5 Å². The SMILES string of the molecule is CC1CC(NC(=O)c2ccc3c(c2)C(=O)N(Cc2ccccc2)C3=O)CCN1. The lowest BCUT2D eigenvalue weighted by molar-refractivity contribution is 0.0642. The van der Waals surface area contributed by atoms with E-state index in [1.807, 2.05) is 30.3 Å². The van der Waals surface area contributed by atoms with Crippen molar-refractivity contribution in [2.24, 2.45) is 0 Å². The zero-order chi connectivity index (χ0) is 19.7. The summed E-state index contributed by atoms with van der Waals surface area (Å²) in [7, 11) is 0. The molecule has 2 unspecified atom stereocenters. The van der Waals surface area contributed by atoms with Crippen LogP contribution in [-0.2, 0) is 6.54 Å². The average Bonchev–Trinajstić information content (AvgIpc) is 2.93. The molecule has 4 rings (SSSR count). The first kappa shape index (κ1) is 18.4. The molecule has 2 aliphatic rings. The van der Waals surface area contributed by atoms with Crippen molar-refractivity contribution in [2.45, 2.75) is 38.4 Å². The normalized spacial score (nSPS) is 21.5. The monoisotopic (exact) mass is 377 g/mol. The molecule has 0 aliphatic carbocycles. The summed E-state index contributed by atoms with van der Waals surface area (Å²) in [5.74, 6) is -0.874. The summed E-state index contributed by atoms with van der Waals surface area (Å²) in [5.41, 5.74) is 1.95. The number of hydrogen-bond donors (Lipinski definition) is 2. The number of rotatable bonds is 4. The molecule has 6 heteroatoms. The minimum Gasteiger partial charge on any atom is -0.349 e. The quantitative estimate of drug-likeness (QED) is 0.802. The first-order valence-corrected chi connectivity index (χ1v) is 9.61. The average molecular weight is 377 g/mol. The molecule has 1 fully saturated rings. The molecule has 0 aromatic heterocycles. The number of nitrogens with one attached hydrogen (secondary N) is 2. The minimum atomic E-state index is -0.353. The summed E-state index contributed by atoms with van der Waals surface area (Å²) in [6.07, 6.45) is 1.75. The van der Waals surface area contributed by atoms with Gasteiger partial charge in [-0.15, -0.1) is 0 Å². The van der Waals surface area contributed by atoms with Gasteiger partial charge in [0.2, 0.25) is 0 Å². The van der Waals surface area contributed by atoms with Gasteiger partial charge in [-0.1, -0.05) is 30.3 Å². The standard InChI is InChI=1S/C22H23N3O3/c1-14-11-17(9-10-23-14)24-20(26)16-7-8-18-19(12-16)22(28)25(21(18)27)13-15-5-3-2-4-6-15/h2-8,12,14,17,23H,9-11,13H2,1H3,(H,24,26). The molecule has 3 amide bonds. The fourth-order valence-electron chi connectivity index (χ4n) is 3.87. The molecule has 0 spiro atoms. The van der Waals surface area contributed by atoms with Gasteiger partial charge in [-0.25, -0.2) is 0 Å². The van der Waals surface area contributed by atoms with Crippen molar-refractivity contribution in [3.8, 4) is 0 Å². The highest BCUT2D eigenvalue weighted by atomic mass is 16.2. The van der Waals surface area contributed by atoms with Crippen molar-refractivity contribution >= 4 is 17.7 Å². The summed E-state index contributed by atoms with van der Waals surface area (Å²) >= 11 is 0. The molecule has 2 atom stereocenters. The Morgan fingerprint density at radius 2 is 1.86 bits per heavy atom. The summed E-state index contributed by atoms with van der Waals surface area (Å²) < 4.78 is 0. The lowest BCUT2D eigenvalue weighted by atomic mass is 9.99. The van der Waals surface area contributed by atoms with E-state index in [4.69, 9.17) is 0 Å². The highest BCUT2D eigenvalue weighted by Gasteiger charge is 2.36. The predicted octanol–water partition coefficient (Wildman–Crippen LogP) is 2.35. The number of imide groups is 1. The van der Waals surface area contributed by atoms with E-state index >= 15 is 0 Å². The number of carbonyl (C=O) groups excluding carboxylic acids is 3. The number of hydrogen-bond acceptors (Lipinski definition) is 4. The third kappa shape index (κ3) is 3.55. The van der Waals surface area contributed by atoms with Gasteiger partial charge in [0.1, 0.15) is 0 Å². The van der Waals surface area contributed by atoms with Crippen molar-refractivity contribution < 1.29 is 14.4 Å². The first-order valence-electron chi connectivity index (χ1n) is 9.61. The maximum Gasteiger partial charge on any atom is 0.261 e. The fraction of sp³-hybridized carbons (Fsp3) is 0.318. The molecule has 6 nitrogen and oxygen atoms in total. The molecule has 0 radical (unpaired) electrons. The molecule has 2 aromatic carbocycles. The largest absolute Gasteiger partial charge is 0.349 e. The Bertz CT molecular complexity index is 926. The number of nitrogens with zero attached hydrogens (tertiary/aromatic N) is 1. The van der Waals surface area contributed by atoms with Gasteiger partial charge in [0, 0.05) is 17.6 Å². The zero-order valence-corrected chi connectivity index (χ0v) is 15.8. The van der Waals surface area contributed by atoms with Crippen LogP contribution < -0.4 is 10.6 Å². The molecule has 28 heavy (non-hydrogen) atoms. The highest BCUT2D eigenvalue weighted by molar-refractivity contribution is 6.22. The molecule has 2 N–H and O–H groups in total. The minimum absolute atomic E-state index is 0.115. The van der Waals surface area contributed by atoms with Crippen LogP contribution in [0.5, 0.6) is 0 Å². The molecule has 2 aliphatic heterocycles. The van der Waals surface area contributed by atoms with Gasteiger partial charge >= 0.3 is 0 Å². The molecule has 2 aromatic rings. The van der Waals surface area contributed by atoms with Crippen molar-refractivity contribution in [1.82, 2.24) is 15.5 Å². The number of piperidine rings is 1. The summed E-state index contributed by atoms with van der Waals surface area (Å²) in [4.78, 5) is 39.3. The Balaban J connectivity index is 1.51. The van der Waals surface area contributed by atoms with Gasteiger partial charge in [0.25, 0.3) is 17.7 Å². The zero-order valence-electron chi connectivity index (χ0n) is 15.8. The Kier molecular flexibility index (Phi) is 4.96. The van der Waals surface area contributed by atoms with E-state index in [0.717, 1.165) is 24.9 Å². The van der Waals surface area contributed by atoms with Crippen molar-refractivity contribution in [3.63, 3.8) is 0 Å². The first-order chi connectivity index (χ1) is 13.5. The van der Waals surface area contributed by atoms with Crippen molar-refractivity contribution in [1.29, 1.82) is 0 Å². The summed E-state index contributed by atoms with van der Waals surface area (Å²) in [6.45, 7) is 3.19. The van der Waals surface area contributed by atoms with Crippen LogP contribution >= 0.6 is 0 Å². The van der Waals surface area contributed by atoms with E-state index in [1.54, 1.807) is 18.2 Å². The Hall–Kier alpha value is -2.99. The lowest BCUT2D eigenvalue weighted by Gasteiger charge is -2.28. The van der Waals surface area contributed by atoms with Gasteiger partial charge in [-0.2, -0.15) is 0 Å². The smallest absolute Gasteiger partial charge is 0.261 e. The third-order valence-electron chi connectivity index (χ3n) is 5.38. The van der Waals surface area contributed by atoms with Crippen LogP contribution in [0.25, 0.3) is 0 Å². The van der Waals surface area contributed by atoms with E-state index < -0.39 is 0 Å². The maximum absolute atomic E-state index is 12.8. The number of amides is 3. The molecular weight excluding hydrogens is 354 g/mol. The van der Waals surface area contributed by atoms with Gasteiger partial charge in [-0.05, 0) is 50.1 Å². The van der Waals surface area contributed by atoms with Crippen LogP contribution in [0.2, 0.25) is 0 Å². The fourth-order valence-corrected chi connectivity index (χ4v) is 3.87. The van der Waals surface area contributed by atoms with Crippen LogP contribution in [0.4, 0.5) is 0 Å². The van der Waals surface area contributed by atoms with E-state index in [2.05, 4.69) is 17.6 Å². The second-order valence-corrected chi connectivity index (χ2v) is 7.49. The maximum atomic E-state index is 12.8. The number of benzene rings is 2. The predicted molar refractivity (Wildman–Crippen MR) is 105 cm³/mol. The van der Waals surface area contributed by atoms with Crippen LogP contribution in [-0.4, -0.2) is 41.2 Å². The summed E-state index contributed by atoms with van der Waals surface area (Å²) in [5, 5.41) is 6.40. The van der Waals surface area contributed by atoms with Crippen LogP contribution in [0.1, 0.15) is 56.4 Å². The Morgan fingerprint density at radius 3 is 2.61 bits per heavy atom. The van der Waals surface area contributed by atoms with Gasteiger partial charge < -0.3 is 10.6 Å². The van der Waals surface area contributed by atoms with E-state index in [-0.39, 0.29) is 30.3 Å². The van der Waals surface area contributed by atoms with Gasteiger partial charge in [-0.3, -0.25) is 19.3 Å². The second kappa shape index (κ2) is 7.56. The van der Waals surface area contributed by atoms with E-state index in [0.29, 0.717) is 22.7 Å². The number of carbonyl (C=O) groups is 3. The molecule has 2 heterocycles. The lowest BCUT2D eigenvalue weighted by Crippen LogP contribution is -2.46. The van der Waals surface area contributed by atoms with Gasteiger partial charge in [0.05, 0.1) is 17.7 Å². The number of fused-ring (bicyclic) bond motifs is 1. The molecule has 144 valence electrons. The van der Waals surface area contributed by atoms with Crippen molar-refractivity contribution in [2.75, 3.05) is 6.54 Å². The topological polar surface area (TPSA) is 78.5 Å². The third-order valence-corrected chi connectivity index (χ3v) is 5.38. The Labute approximate surface area is 163 Å². The van der Waals surface area contributed by atoms with Gasteiger partial charge in [0.15, 0.2) is 0 Å². The molecule has 1 saturated heterocycles. The second-order valence-electron chi connectivity index (χ2n) is 7.49. The van der Waals surface area contributed by atoms with E-state index in [9.17, 15) is 14.4 Å². The summed E-state index contributed by atoms with van der Waals surface area (Å²) in [6, 6.07) is 14.6.